The van der Waals surface area contributed by atoms with Gasteiger partial charge in [0.15, 0.2) is 0 Å². The molecule has 1 fully saturated rings. The van der Waals surface area contributed by atoms with E-state index < -0.39 is 9.84 Å². The van der Waals surface area contributed by atoms with Crippen LogP contribution in [0.25, 0.3) is 0 Å². The van der Waals surface area contributed by atoms with Gasteiger partial charge in [-0.3, -0.25) is 4.79 Å². The summed E-state index contributed by atoms with van der Waals surface area (Å²) in [5.41, 5.74) is 0.972. The maximum Gasteiger partial charge on any atom is 0.221 e. The minimum atomic E-state index is -3.11. The van der Waals surface area contributed by atoms with E-state index in [0.29, 0.717) is 11.6 Å². The van der Waals surface area contributed by atoms with Crippen molar-refractivity contribution in [2.45, 2.75) is 25.3 Å². The summed E-state index contributed by atoms with van der Waals surface area (Å²) < 4.78 is 22.2. The number of carbonyl (C=O) groups is 1. The van der Waals surface area contributed by atoms with Gasteiger partial charge in [0.05, 0.1) is 16.5 Å². The van der Waals surface area contributed by atoms with Crippen molar-refractivity contribution in [3.05, 3.63) is 29.3 Å². The zero-order chi connectivity index (χ0) is 16.2. The second-order valence-electron chi connectivity index (χ2n) is 5.68. The second-order valence-corrected chi connectivity index (χ2v) is 8.35. The minimum absolute atomic E-state index is 0.0153. The third-order valence-electron chi connectivity index (χ3n) is 3.68. The number of amides is 1. The molecule has 1 amide bonds. The third kappa shape index (κ3) is 5.18. The summed E-state index contributed by atoms with van der Waals surface area (Å²) in [6.45, 7) is 1.59. The highest BCUT2D eigenvalue weighted by Gasteiger charge is 2.23. The quantitative estimate of drug-likeness (QED) is 0.885. The lowest BCUT2D eigenvalue weighted by atomic mass is 10.0. The standard InChI is InChI=1S/C15H21ClN2O3S/c1-22(20,21)10-8-15(19)17-12-5-4-9-18(11-12)14-7-3-2-6-13(14)16/h2-3,6-7,12H,4-5,8-11H2,1H3,(H,17,19)/t12-/m1/s1. The first-order valence-electron chi connectivity index (χ1n) is 7.32. The van der Waals surface area contributed by atoms with Crippen molar-refractivity contribution in [1.29, 1.82) is 0 Å². The highest BCUT2D eigenvalue weighted by Crippen LogP contribution is 2.27. The number of rotatable bonds is 5. The fourth-order valence-corrected chi connectivity index (χ4v) is 3.41. The van der Waals surface area contributed by atoms with Crippen LogP contribution in [0.3, 0.4) is 0 Å². The average molecular weight is 345 g/mol. The van der Waals surface area contributed by atoms with E-state index in [1.807, 2.05) is 24.3 Å². The van der Waals surface area contributed by atoms with Crippen molar-refractivity contribution in [2.75, 3.05) is 30.0 Å². The molecule has 1 aromatic carbocycles. The number of para-hydroxylation sites is 1. The van der Waals surface area contributed by atoms with E-state index in [2.05, 4.69) is 10.2 Å². The van der Waals surface area contributed by atoms with E-state index in [0.717, 1.165) is 31.3 Å². The van der Waals surface area contributed by atoms with Gasteiger partial charge in [-0.15, -0.1) is 0 Å². The van der Waals surface area contributed by atoms with E-state index in [4.69, 9.17) is 11.6 Å². The molecule has 0 spiro atoms. The summed E-state index contributed by atoms with van der Waals surface area (Å²) in [5, 5.41) is 3.62. The number of nitrogens with zero attached hydrogens (tertiary/aromatic N) is 1. The Morgan fingerprint density at radius 1 is 1.41 bits per heavy atom. The number of piperidine rings is 1. The van der Waals surface area contributed by atoms with E-state index in [9.17, 15) is 13.2 Å². The molecule has 2 rings (SSSR count). The van der Waals surface area contributed by atoms with Gasteiger partial charge < -0.3 is 10.2 Å². The van der Waals surface area contributed by atoms with Crippen LogP contribution in [0.15, 0.2) is 24.3 Å². The van der Waals surface area contributed by atoms with Crippen LogP contribution in [-0.2, 0) is 14.6 Å². The van der Waals surface area contributed by atoms with Gasteiger partial charge >= 0.3 is 0 Å². The third-order valence-corrected chi connectivity index (χ3v) is 4.94. The number of anilines is 1. The lowest BCUT2D eigenvalue weighted by molar-refractivity contribution is -0.121. The maximum atomic E-state index is 11.8. The van der Waals surface area contributed by atoms with Gasteiger partial charge in [-0.05, 0) is 25.0 Å². The van der Waals surface area contributed by atoms with Crippen LogP contribution in [0, 0.1) is 0 Å². The van der Waals surface area contributed by atoms with Crippen LogP contribution in [0.4, 0.5) is 5.69 Å². The van der Waals surface area contributed by atoms with Gasteiger partial charge in [0, 0.05) is 31.8 Å². The number of halogens is 1. The summed E-state index contributed by atoms with van der Waals surface area (Å²) in [4.78, 5) is 14.0. The normalized spacial score (nSPS) is 19.0. The van der Waals surface area contributed by atoms with Crippen molar-refractivity contribution in [1.82, 2.24) is 5.32 Å². The Hall–Kier alpha value is -1.27. The van der Waals surface area contributed by atoms with E-state index >= 15 is 0 Å². The van der Waals surface area contributed by atoms with E-state index in [1.54, 1.807) is 0 Å². The van der Waals surface area contributed by atoms with Gasteiger partial charge in [0.1, 0.15) is 9.84 Å². The number of benzene rings is 1. The summed E-state index contributed by atoms with van der Waals surface area (Å²) in [7, 11) is -3.11. The second kappa shape index (κ2) is 7.33. The molecule has 0 aliphatic carbocycles. The highest BCUT2D eigenvalue weighted by molar-refractivity contribution is 7.90. The smallest absolute Gasteiger partial charge is 0.221 e. The molecule has 0 aromatic heterocycles. The number of nitrogens with one attached hydrogen (secondary N) is 1. The van der Waals surface area contributed by atoms with Gasteiger partial charge in [-0.25, -0.2) is 8.42 Å². The molecule has 7 heteroatoms. The Morgan fingerprint density at radius 3 is 2.82 bits per heavy atom. The first kappa shape index (κ1) is 17.1. The lowest BCUT2D eigenvalue weighted by Gasteiger charge is -2.35. The molecular weight excluding hydrogens is 324 g/mol. The Bertz CT molecular complexity index is 633. The van der Waals surface area contributed by atoms with Crippen molar-refractivity contribution >= 4 is 33.0 Å². The number of carbonyl (C=O) groups excluding carboxylic acids is 1. The molecule has 1 saturated heterocycles. The molecular formula is C15H21ClN2O3S. The fourth-order valence-electron chi connectivity index (χ4n) is 2.60. The predicted molar refractivity (Wildman–Crippen MR) is 89.2 cm³/mol. The molecule has 122 valence electrons. The van der Waals surface area contributed by atoms with Crippen LogP contribution < -0.4 is 10.2 Å². The van der Waals surface area contributed by atoms with Crippen molar-refractivity contribution in [2.24, 2.45) is 0 Å². The van der Waals surface area contributed by atoms with E-state index in [1.165, 1.54) is 0 Å². The summed E-state index contributed by atoms with van der Waals surface area (Å²) in [6, 6.07) is 7.67. The first-order chi connectivity index (χ1) is 10.3. The number of hydrogen-bond donors (Lipinski definition) is 1. The summed E-state index contributed by atoms with van der Waals surface area (Å²) in [6.07, 6.45) is 3.01. The lowest BCUT2D eigenvalue weighted by Crippen LogP contribution is -2.48. The number of sulfone groups is 1. The molecule has 0 radical (unpaired) electrons. The zero-order valence-corrected chi connectivity index (χ0v) is 14.2. The Balaban J connectivity index is 1.91. The maximum absolute atomic E-state index is 11.8. The van der Waals surface area contributed by atoms with Crippen LogP contribution in [0.1, 0.15) is 19.3 Å². The predicted octanol–water partition coefficient (Wildman–Crippen LogP) is 1.86. The van der Waals surface area contributed by atoms with Crippen molar-refractivity contribution < 1.29 is 13.2 Å². The SMILES string of the molecule is CS(=O)(=O)CCC(=O)N[C@@H]1CCCN(c2ccccc2Cl)C1. The monoisotopic (exact) mass is 344 g/mol. The fraction of sp³-hybridized carbons (Fsp3) is 0.533. The molecule has 0 saturated carbocycles. The molecule has 1 heterocycles. The van der Waals surface area contributed by atoms with Crippen LogP contribution in [-0.4, -0.2) is 45.5 Å². The summed E-state index contributed by atoms with van der Waals surface area (Å²) >= 11 is 6.22. The summed E-state index contributed by atoms with van der Waals surface area (Å²) in [5.74, 6) is -0.323. The molecule has 1 N–H and O–H groups in total. The van der Waals surface area contributed by atoms with Gasteiger partial charge in [0.2, 0.25) is 5.91 Å². The van der Waals surface area contributed by atoms with Crippen LogP contribution in [0.2, 0.25) is 5.02 Å². The Kier molecular flexibility index (Phi) is 5.69. The van der Waals surface area contributed by atoms with Crippen molar-refractivity contribution in [3.63, 3.8) is 0 Å². The van der Waals surface area contributed by atoms with Crippen LogP contribution >= 0.6 is 11.6 Å². The Morgan fingerprint density at radius 2 is 2.14 bits per heavy atom. The molecule has 1 aliphatic heterocycles. The molecule has 1 aliphatic rings. The molecule has 1 atom stereocenters. The van der Waals surface area contributed by atoms with Gasteiger partial charge in [0.25, 0.3) is 0 Å². The van der Waals surface area contributed by atoms with Gasteiger partial charge in [-0.1, -0.05) is 23.7 Å². The molecule has 22 heavy (non-hydrogen) atoms. The largest absolute Gasteiger partial charge is 0.368 e. The minimum Gasteiger partial charge on any atom is -0.368 e. The van der Waals surface area contributed by atoms with Crippen LogP contribution in [0.5, 0.6) is 0 Å². The molecule has 0 unspecified atom stereocenters. The average Bonchev–Trinajstić information content (AvgIpc) is 2.45. The molecule has 0 bridgehead atoms. The molecule has 5 nitrogen and oxygen atoms in total. The zero-order valence-electron chi connectivity index (χ0n) is 12.6. The van der Waals surface area contributed by atoms with E-state index in [-0.39, 0.29) is 24.1 Å². The van der Waals surface area contributed by atoms with Gasteiger partial charge in [-0.2, -0.15) is 0 Å². The topological polar surface area (TPSA) is 66.5 Å². The highest BCUT2D eigenvalue weighted by atomic mass is 35.5. The van der Waals surface area contributed by atoms with Crippen molar-refractivity contribution in [3.8, 4) is 0 Å². The number of hydrogen-bond acceptors (Lipinski definition) is 4. The first-order valence-corrected chi connectivity index (χ1v) is 9.75. The Labute approximate surface area is 136 Å². The molecule has 1 aromatic rings.